The van der Waals surface area contributed by atoms with Crippen LogP contribution in [-0.2, 0) is 4.79 Å². The van der Waals surface area contributed by atoms with E-state index >= 15 is 0 Å². The predicted octanol–water partition coefficient (Wildman–Crippen LogP) is 3.81. The summed E-state index contributed by atoms with van der Waals surface area (Å²) >= 11 is 0. The molecule has 0 bridgehead atoms. The highest BCUT2D eigenvalue weighted by atomic mass is 16.5. The molecule has 5 nitrogen and oxygen atoms in total. The molecule has 0 saturated heterocycles. The minimum absolute atomic E-state index is 0.0643. The standard InChI is InChI=1S/C19H28N2O3/c1-4-5-6-8-15(2)21-19(22)9-7-12-24-17-11-10-16(14-20)13-18(17)23-3/h10-11,13,15H,4-9,12H2,1-3H3,(H,21,22)/t15-/m0/s1. The van der Waals surface area contributed by atoms with E-state index in [9.17, 15) is 4.79 Å². The van der Waals surface area contributed by atoms with Crippen LogP contribution in [0.1, 0.15) is 57.9 Å². The molecule has 5 heteroatoms. The number of carbonyl (C=O) groups excluding carboxylic acids is 1. The van der Waals surface area contributed by atoms with Gasteiger partial charge in [-0.15, -0.1) is 0 Å². The quantitative estimate of drug-likeness (QED) is 0.625. The van der Waals surface area contributed by atoms with Gasteiger partial charge in [0.15, 0.2) is 11.5 Å². The lowest BCUT2D eigenvalue weighted by atomic mass is 10.1. The van der Waals surface area contributed by atoms with Gasteiger partial charge in [0.05, 0.1) is 25.3 Å². The molecule has 0 heterocycles. The minimum Gasteiger partial charge on any atom is -0.493 e. The van der Waals surface area contributed by atoms with Crippen LogP contribution >= 0.6 is 0 Å². The normalized spacial score (nSPS) is 11.4. The van der Waals surface area contributed by atoms with Crippen LogP contribution in [0.15, 0.2) is 18.2 Å². The molecule has 1 rings (SSSR count). The molecule has 0 aromatic heterocycles. The van der Waals surface area contributed by atoms with Gasteiger partial charge in [0.25, 0.3) is 0 Å². The van der Waals surface area contributed by atoms with Gasteiger partial charge in [-0.3, -0.25) is 4.79 Å². The third-order valence-corrected chi connectivity index (χ3v) is 3.75. The number of hydrogen-bond acceptors (Lipinski definition) is 4. The number of carbonyl (C=O) groups is 1. The monoisotopic (exact) mass is 332 g/mol. The largest absolute Gasteiger partial charge is 0.493 e. The van der Waals surface area contributed by atoms with Crippen molar-refractivity contribution in [2.45, 2.75) is 58.4 Å². The summed E-state index contributed by atoms with van der Waals surface area (Å²) in [4.78, 5) is 11.9. The molecule has 0 spiro atoms. The van der Waals surface area contributed by atoms with E-state index in [0.29, 0.717) is 36.5 Å². The summed E-state index contributed by atoms with van der Waals surface area (Å²) in [5.41, 5.74) is 0.524. The Morgan fingerprint density at radius 2 is 2.08 bits per heavy atom. The molecular weight excluding hydrogens is 304 g/mol. The first-order chi connectivity index (χ1) is 11.6. The van der Waals surface area contributed by atoms with Crippen LogP contribution in [0.3, 0.4) is 0 Å². The number of amides is 1. The van der Waals surface area contributed by atoms with Gasteiger partial charge in [-0.05, 0) is 31.9 Å². The number of unbranched alkanes of at least 4 members (excludes halogenated alkanes) is 2. The molecule has 0 aliphatic carbocycles. The predicted molar refractivity (Wildman–Crippen MR) is 94.2 cm³/mol. The smallest absolute Gasteiger partial charge is 0.220 e. The maximum atomic E-state index is 11.9. The zero-order chi connectivity index (χ0) is 17.8. The van der Waals surface area contributed by atoms with Crippen molar-refractivity contribution < 1.29 is 14.3 Å². The Bertz CT molecular complexity index is 552. The summed E-state index contributed by atoms with van der Waals surface area (Å²) < 4.78 is 10.9. The van der Waals surface area contributed by atoms with Crippen molar-refractivity contribution in [3.8, 4) is 17.6 Å². The van der Waals surface area contributed by atoms with Crippen LogP contribution in [0, 0.1) is 11.3 Å². The highest BCUT2D eigenvalue weighted by molar-refractivity contribution is 5.76. The first-order valence-electron chi connectivity index (χ1n) is 8.61. The zero-order valence-corrected chi connectivity index (χ0v) is 14.9. The lowest BCUT2D eigenvalue weighted by Crippen LogP contribution is -2.32. The lowest BCUT2D eigenvalue weighted by molar-refractivity contribution is -0.121. The highest BCUT2D eigenvalue weighted by Crippen LogP contribution is 2.27. The Hall–Kier alpha value is -2.22. The van der Waals surface area contributed by atoms with Crippen molar-refractivity contribution in [1.29, 1.82) is 5.26 Å². The Kier molecular flexibility index (Phi) is 9.36. The zero-order valence-electron chi connectivity index (χ0n) is 14.9. The van der Waals surface area contributed by atoms with Gasteiger partial charge < -0.3 is 14.8 Å². The lowest BCUT2D eigenvalue weighted by Gasteiger charge is -2.14. The number of nitrogens with zero attached hydrogens (tertiary/aromatic N) is 1. The average molecular weight is 332 g/mol. The molecule has 1 N–H and O–H groups in total. The number of hydrogen-bond donors (Lipinski definition) is 1. The number of ether oxygens (including phenoxy) is 2. The van der Waals surface area contributed by atoms with E-state index < -0.39 is 0 Å². The first-order valence-corrected chi connectivity index (χ1v) is 8.61. The Balaban J connectivity index is 2.28. The van der Waals surface area contributed by atoms with Gasteiger partial charge in [-0.25, -0.2) is 0 Å². The molecule has 0 aliphatic heterocycles. The topological polar surface area (TPSA) is 71.3 Å². The Morgan fingerprint density at radius 1 is 1.29 bits per heavy atom. The Labute approximate surface area is 145 Å². The van der Waals surface area contributed by atoms with E-state index in [-0.39, 0.29) is 11.9 Å². The molecule has 1 atom stereocenters. The molecule has 0 saturated carbocycles. The number of nitrogens with one attached hydrogen (secondary N) is 1. The van der Waals surface area contributed by atoms with Gasteiger partial charge >= 0.3 is 0 Å². The second-order valence-electron chi connectivity index (χ2n) is 5.89. The summed E-state index contributed by atoms with van der Waals surface area (Å²) in [6.45, 7) is 4.65. The maximum Gasteiger partial charge on any atom is 0.220 e. The summed E-state index contributed by atoms with van der Waals surface area (Å²) in [6.07, 6.45) is 5.66. The van der Waals surface area contributed by atoms with E-state index in [1.807, 2.05) is 6.92 Å². The molecule has 1 amide bonds. The van der Waals surface area contributed by atoms with Gasteiger partial charge in [-0.2, -0.15) is 5.26 Å². The fourth-order valence-corrected chi connectivity index (χ4v) is 2.39. The second kappa shape index (κ2) is 11.3. The summed E-state index contributed by atoms with van der Waals surface area (Å²) in [7, 11) is 1.54. The van der Waals surface area contributed by atoms with Crippen LogP contribution in [-0.4, -0.2) is 25.7 Å². The SMILES string of the molecule is CCCCC[C@H](C)NC(=O)CCCOc1ccc(C#N)cc1OC. The van der Waals surface area contributed by atoms with Crippen molar-refractivity contribution in [3.05, 3.63) is 23.8 Å². The molecular formula is C19H28N2O3. The van der Waals surface area contributed by atoms with Crippen LogP contribution in [0.4, 0.5) is 0 Å². The third-order valence-electron chi connectivity index (χ3n) is 3.75. The molecule has 1 aromatic carbocycles. The van der Waals surface area contributed by atoms with Crippen LogP contribution < -0.4 is 14.8 Å². The fourth-order valence-electron chi connectivity index (χ4n) is 2.39. The van der Waals surface area contributed by atoms with E-state index in [4.69, 9.17) is 14.7 Å². The van der Waals surface area contributed by atoms with Crippen LogP contribution in [0.25, 0.3) is 0 Å². The van der Waals surface area contributed by atoms with Gasteiger partial charge in [0.2, 0.25) is 5.91 Å². The molecule has 0 radical (unpaired) electrons. The van der Waals surface area contributed by atoms with Crippen molar-refractivity contribution in [2.75, 3.05) is 13.7 Å². The van der Waals surface area contributed by atoms with E-state index in [1.165, 1.54) is 20.0 Å². The van der Waals surface area contributed by atoms with Crippen molar-refractivity contribution in [2.24, 2.45) is 0 Å². The average Bonchev–Trinajstić information content (AvgIpc) is 2.58. The number of nitriles is 1. The first kappa shape index (κ1) is 19.8. The van der Waals surface area contributed by atoms with Crippen molar-refractivity contribution >= 4 is 5.91 Å². The number of benzene rings is 1. The van der Waals surface area contributed by atoms with Gasteiger partial charge in [-0.1, -0.05) is 26.2 Å². The molecule has 1 aromatic rings. The number of methoxy groups -OCH3 is 1. The van der Waals surface area contributed by atoms with Crippen molar-refractivity contribution in [3.63, 3.8) is 0 Å². The van der Waals surface area contributed by atoms with Crippen molar-refractivity contribution in [1.82, 2.24) is 5.32 Å². The van der Waals surface area contributed by atoms with Crippen LogP contribution in [0.5, 0.6) is 11.5 Å². The molecule has 132 valence electrons. The van der Waals surface area contributed by atoms with Crippen LogP contribution in [0.2, 0.25) is 0 Å². The summed E-state index contributed by atoms with van der Waals surface area (Å²) in [5.74, 6) is 1.18. The molecule has 0 unspecified atom stereocenters. The second-order valence-corrected chi connectivity index (χ2v) is 5.89. The highest BCUT2D eigenvalue weighted by Gasteiger charge is 2.08. The maximum absolute atomic E-state index is 11.9. The fraction of sp³-hybridized carbons (Fsp3) is 0.579. The van der Waals surface area contributed by atoms with Gasteiger partial charge in [0.1, 0.15) is 0 Å². The number of rotatable bonds is 11. The Morgan fingerprint density at radius 3 is 2.75 bits per heavy atom. The third kappa shape index (κ3) is 7.36. The summed E-state index contributed by atoms with van der Waals surface area (Å²) in [6, 6.07) is 7.32. The summed E-state index contributed by atoms with van der Waals surface area (Å²) in [5, 5.41) is 11.9. The van der Waals surface area contributed by atoms with E-state index in [1.54, 1.807) is 18.2 Å². The minimum atomic E-state index is 0.0643. The molecule has 0 fully saturated rings. The molecule has 24 heavy (non-hydrogen) atoms. The molecule has 0 aliphatic rings. The van der Waals surface area contributed by atoms with E-state index in [0.717, 1.165) is 12.8 Å². The van der Waals surface area contributed by atoms with Gasteiger partial charge in [0, 0.05) is 18.5 Å². The van der Waals surface area contributed by atoms with E-state index in [2.05, 4.69) is 18.3 Å².